The Labute approximate surface area is 171 Å². The molecule has 0 saturated heterocycles. The number of rotatable bonds is 6. The Morgan fingerprint density at radius 1 is 1.30 bits per heavy atom. The number of H-pyrrole nitrogens is 1. The highest BCUT2D eigenvalue weighted by atomic mass is 35.5. The number of nitrogens with one attached hydrogen (secondary N) is 1. The molecular formula is C19H16Cl2N2O3S. The Balaban J connectivity index is 1.99. The first-order valence-electron chi connectivity index (χ1n) is 8.26. The highest BCUT2D eigenvalue weighted by Crippen LogP contribution is 2.34. The average Bonchev–Trinajstić information content (AvgIpc) is 2.99. The molecule has 27 heavy (non-hydrogen) atoms. The quantitative estimate of drug-likeness (QED) is 0.327. The van der Waals surface area contributed by atoms with Crippen molar-refractivity contribution in [1.82, 2.24) is 9.97 Å². The van der Waals surface area contributed by atoms with E-state index in [4.69, 9.17) is 27.9 Å². The van der Waals surface area contributed by atoms with Crippen LogP contribution in [0.25, 0.3) is 10.9 Å². The summed E-state index contributed by atoms with van der Waals surface area (Å²) in [5.41, 5.74) is 1.81. The van der Waals surface area contributed by atoms with E-state index in [9.17, 15) is 9.59 Å². The Morgan fingerprint density at radius 3 is 2.78 bits per heavy atom. The first kappa shape index (κ1) is 19.7. The van der Waals surface area contributed by atoms with E-state index in [1.807, 2.05) is 0 Å². The first-order chi connectivity index (χ1) is 12.9. The van der Waals surface area contributed by atoms with Gasteiger partial charge in [0.15, 0.2) is 5.78 Å². The van der Waals surface area contributed by atoms with Gasteiger partial charge in [-0.2, -0.15) is 0 Å². The van der Waals surface area contributed by atoms with Gasteiger partial charge in [-0.25, -0.2) is 4.79 Å². The monoisotopic (exact) mass is 422 g/mol. The molecule has 140 valence electrons. The zero-order valence-electron chi connectivity index (χ0n) is 14.4. The fraction of sp³-hybridized carbons (Fsp3) is 0.211. The molecule has 3 rings (SSSR count). The number of hydrogen-bond donors (Lipinski definition) is 2. The number of aromatic amines is 1. The number of ketones is 1. The molecule has 0 saturated carbocycles. The van der Waals surface area contributed by atoms with Crippen LogP contribution in [-0.2, 0) is 11.2 Å². The number of halogens is 2. The molecule has 0 atom stereocenters. The van der Waals surface area contributed by atoms with Crippen molar-refractivity contribution in [2.45, 2.75) is 24.7 Å². The Morgan fingerprint density at radius 2 is 2.07 bits per heavy atom. The summed E-state index contributed by atoms with van der Waals surface area (Å²) in [6.07, 6.45) is 1.97. The van der Waals surface area contributed by atoms with E-state index < -0.39 is 5.97 Å². The second-order valence-corrected chi connectivity index (χ2v) is 7.13. The lowest BCUT2D eigenvalue weighted by atomic mass is 10.0. The van der Waals surface area contributed by atoms with Crippen LogP contribution in [0.2, 0.25) is 10.0 Å². The van der Waals surface area contributed by atoms with Gasteiger partial charge in [-0.05, 0) is 43.2 Å². The molecule has 2 aromatic heterocycles. The van der Waals surface area contributed by atoms with Gasteiger partial charge in [0.25, 0.3) is 0 Å². The largest absolute Gasteiger partial charge is 0.461 e. The Bertz CT molecular complexity index is 1030. The molecule has 0 aliphatic rings. The number of aryl methyl sites for hydroxylation is 1. The van der Waals surface area contributed by atoms with Gasteiger partial charge in [-0.1, -0.05) is 23.2 Å². The number of esters is 1. The molecule has 1 aromatic carbocycles. The van der Waals surface area contributed by atoms with Crippen molar-refractivity contribution in [2.24, 2.45) is 0 Å². The van der Waals surface area contributed by atoms with Gasteiger partial charge in [-0.3, -0.25) is 9.78 Å². The summed E-state index contributed by atoms with van der Waals surface area (Å²) in [4.78, 5) is 32.5. The standard InChI is InChI=1S/C19H16Cl2N2O3S/c1-2-26-19(25)17-11(16-12(21)8-10(20)9-13(16)23-17)5-6-14(24)18-15(27)4-3-7-22-18/h3-4,7-9,23,27H,2,5-6H2,1H3. The van der Waals surface area contributed by atoms with Crippen LogP contribution in [0.1, 0.15) is 39.9 Å². The minimum atomic E-state index is -0.504. The third kappa shape index (κ3) is 4.13. The van der Waals surface area contributed by atoms with Crippen LogP contribution in [0.15, 0.2) is 35.4 Å². The van der Waals surface area contributed by atoms with Crippen molar-refractivity contribution in [2.75, 3.05) is 6.61 Å². The maximum atomic E-state index is 12.6. The van der Waals surface area contributed by atoms with E-state index in [2.05, 4.69) is 22.6 Å². The number of fused-ring (bicyclic) bond motifs is 1. The number of pyridine rings is 1. The number of nitrogens with zero attached hydrogens (tertiary/aromatic N) is 1. The molecule has 0 amide bonds. The van der Waals surface area contributed by atoms with Crippen LogP contribution < -0.4 is 0 Å². The number of benzene rings is 1. The number of hydrogen-bond acceptors (Lipinski definition) is 5. The average molecular weight is 423 g/mol. The second-order valence-electron chi connectivity index (χ2n) is 5.80. The molecule has 3 aromatic rings. The van der Waals surface area contributed by atoms with Gasteiger partial charge in [0.05, 0.1) is 11.6 Å². The minimum absolute atomic E-state index is 0.142. The van der Waals surface area contributed by atoms with Crippen molar-refractivity contribution < 1.29 is 14.3 Å². The van der Waals surface area contributed by atoms with E-state index in [1.54, 1.807) is 37.4 Å². The molecule has 0 unspecified atom stereocenters. The summed E-state index contributed by atoms with van der Waals surface area (Å²) in [5.74, 6) is -0.675. The summed E-state index contributed by atoms with van der Waals surface area (Å²) >= 11 is 16.7. The van der Waals surface area contributed by atoms with Crippen LogP contribution in [0.3, 0.4) is 0 Å². The summed E-state index contributed by atoms with van der Waals surface area (Å²) in [6, 6.07) is 6.70. The summed E-state index contributed by atoms with van der Waals surface area (Å²) in [6.45, 7) is 1.96. The molecule has 0 aliphatic carbocycles. The van der Waals surface area contributed by atoms with E-state index in [1.165, 1.54) is 0 Å². The van der Waals surface area contributed by atoms with Crippen molar-refractivity contribution in [3.63, 3.8) is 0 Å². The van der Waals surface area contributed by atoms with E-state index in [-0.39, 0.29) is 30.9 Å². The number of Topliss-reactive ketones (excluding diaryl/α,β-unsaturated/α-hetero) is 1. The molecule has 1 N–H and O–H groups in total. The third-order valence-electron chi connectivity index (χ3n) is 4.05. The lowest BCUT2D eigenvalue weighted by molar-refractivity contribution is 0.0519. The molecule has 0 aliphatic heterocycles. The van der Waals surface area contributed by atoms with E-state index in [0.29, 0.717) is 37.1 Å². The number of carbonyl (C=O) groups is 2. The highest BCUT2D eigenvalue weighted by molar-refractivity contribution is 7.80. The number of thiol groups is 1. The fourth-order valence-corrected chi connectivity index (χ4v) is 3.79. The zero-order chi connectivity index (χ0) is 19.6. The third-order valence-corrected chi connectivity index (χ3v) is 4.93. The summed E-state index contributed by atoms with van der Waals surface area (Å²) in [5, 5.41) is 1.50. The molecule has 5 nitrogen and oxygen atoms in total. The van der Waals surface area contributed by atoms with Crippen LogP contribution in [0.4, 0.5) is 0 Å². The van der Waals surface area contributed by atoms with Crippen molar-refractivity contribution >= 4 is 58.5 Å². The van der Waals surface area contributed by atoms with E-state index in [0.717, 1.165) is 0 Å². The van der Waals surface area contributed by atoms with Gasteiger partial charge in [0, 0.05) is 33.4 Å². The summed E-state index contributed by atoms with van der Waals surface area (Å²) < 4.78 is 5.12. The Kier molecular flexibility index (Phi) is 6.09. The maximum Gasteiger partial charge on any atom is 0.355 e. The zero-order valence-corrected chi connectivity index (χ0v) is 16.8. The van der Waals surface area contributed by atoms with Gasteiger partial charge in [0.2, 0.25) is 0 Å². The normalized spacial score (nSPS) is 11.0. The minimum Gasteiger partial charge on any atom is -0.461 e. The van der Waals surface area contributed by atoms with Crippen LogP contribution in [-0.4, -0.2) is 28.3 Å². The van der Waals surface area contributed by atoms with Gasteiger partial charge < -0.3 is 9.72 Å². The molecule has 0 radical (unpaired) electrons. The second kappa shape index (κ2) is 8.33. The highest BCUT2D eigenvalue weighted by Gasteiger charge is 2.22. The molecular weight excluding hydrogens is 407 g/mol. The first-order valence-corrected chi connectivity index (χ1v) is 9.46. The topological polar surface area (TPSA) is 72.1 Å². The van der Waals surface area contributed by atoms with Gasteiger partial charge >= 0.3 is 5.97 Å². The predicted molar refractivity (Wildman–Crippen MR) is 108 cm³/mol. The predicted octanol–water partition coefficient (Wildman–Crippen LogP) is 5.15. The van der Waals surface area contributed by atoms with Gasteiger partial charge in [0.1, 0.15) is 11.4 Å². The van der Waals surface area contributed by atoms with Crippen LogP contribution >= 0.6 is 35.8 Å². The fourth-order valence-electron chi connectivity index (χ4n) is 2.91. The number of aromatic nitrogens is 2. The van der Waals surface area contributed by atoms with Crippen molar-refractivity contribution in [1.29, 1.82) is 0 Å². The maximum absolute atomic E-state index is 12.6. The molecule has 0 bridgehead atoms. The molecule has 0 spiro atoms. The van der Waals surface area contributed by atoms with Gasteiger partial charge in [-0.15, -0.1) is 12.6 Å². The SMILES string of the molecule is CCOC(=O)c1[nH]c2cc(Cl)cc(Cl)c2c1CCC(=O)c1ncccc1S. The molecule has 0 fully saturated rings. The number of carbonyl (C=O) groups excluding carboxylic acids is 2. The molecule has 8 heteroatoms. The van der Waals surface area contributed by atoms with Crippen molar-refractivity contribution in [3.8, 4) is 0 Å². The molecule has 2 heterocycles. The number of ether oxygens (including phenoxy) is 1. The smallest absolute Gasteiger partial charge is 0.355 e. The lowest BCUT2D eigenvalue weighted by Gasteiger charge is -2.06. The Hall–Kier alpha value is -2.02. The summed E-state index contributed by atoms with van der Waals surface area (Å²) in [7, 11) is 0. The lowest BCUT2D eigenvalue weighted by Crippen LogP contribution is -2.10. The van der Waals surface area contributed by atoms with Crippen LogP contribution in [0.5, 0.6) is 0 Å². The van der Waals surface area contributed by atoms with Crippen molar-refractivity contribution in [3.05, 3.63) is 57.5 Å². The van der Waals surface area contributed by atoms with Crippen LogP contribution in [0, 0.1) is 0 Å². The van der Waals surface area contributed by atoms with E-state index >= 15 is 0 Å².